The Morgan fingerprint density at radius 1 is 1.43 bits per heavy atom. The van der Waals surface area contributed by atoms with Gasteiger partial charge in [0.05, 0.1) is 6.04 Å². The number of hydrogen-bond acceptors (Lipinski definition) is 5. The van der Waals surface area contributed by atoms with Crippen molar-refractivity contribution in [3.8, 4) is 0 Å². The molecule has 0 bridgehead atoms. The molecule has 6 nitrogen and oxygen atoms in total. The number of rotatable bonds is 4. The fourth-order valence-corrected chi connectivity index (χ4v) is 5.52. The van der Waals surface area contributed by atoms with E-state index < -0.39 is 10.0 Å². The van der Waals surface area contributed by atoms with Gasteiger partial charge >= 0.3 is 0 Å². The molecular formula is C13H18N4O2S2. The van der Waals surface area contributed by atoms with Gasteiger partial charge in [0.2, 0.25) is 0 Å². The van der Waals surface area contributed by atoms with Gasteiger partial charge in [-0.3, -0.25) is 0 Å². The third-order valence-corrected chi connectivity index (χ3v) is 7.08. The van der Waals surface area contributed by atoms with Gasteiger partial charge in [-0.15, -0.1) is 21.5 Å². The lowest BCUT2D eigenvalue weighted by molar-refractivity contribution is 0.241. The van der Waals surface area contributed by atoms with Crippen molar-refractivity contribution in [1.82, 2.24) is 19.1 Å². The second-order valence-corrected chi connectivity index (χ2v) is 8.10. The number of sulfonamides is 1. The summed E-state index contributed by atoms with van der Waals surface area (Å²) in [6.45, 7) is 3.29. The zero-order chi connectivity index (χ0) is 14.9. The van der Waals surface area contributed by atoms with E-state index in [9.17, 15) is 8.42 Å². The van der Waals surface area contributed by atoms with E-state index in [4.69, 9.17) is 0 Å². The molecule has 1 fully saturated rings. The number of nitrogens with zero attached hydrogens (tertiary/aromatic N) is 4. The van der Waals surface area contributed by atoms with Crippen LogP contribution in [0.5, 0.6) is 0 Å². The first-order valence-corrected chi connectivity index (χ1v) is 9.39. The smallest absolute Gasteiger partial charge is 0.253 e. The molecule has 0 radical (unpaired) electrons. The third kappa shape index (κ3) is 2.63. The minimum absolute atomic E-state index is 0.215. The van der Waals surface area contributed by atoms with Gasteiger partial charge in [-0.05, 0) is 31.2 Å². The Bertz CT molecular complexity index is 694. The highest BCUT2D eigenvalue weighted by molar-refractivity contribution is 7.91. The van der Waals surface area contributed by atoms with E-state index in [1.807, 2.05) is 11.5 Å². The largest absolute Gasteiger partial charge is 0.317 e. The van der Waals surface area contributed by atoms with Crippen molar-refractivity contribution >= 4 is 21.4 Å². The van der Waals surface area contributed by atoms with Crippen LogP contribution in [0.1, 0.15) is 38.1 Å². The lowest BCUT2D eigenvalue weighted by Crippen LogP contribution is -2.39. The van der Waals surface area contributed by atoms with Crippen LogP contribution >= 0.6 is 11.3 Å². The Morgan fingerprint density at radius 3 is 3.00 bits per heavy atom. The average Bonchev–Trinajstić information content (AvgIpc) is 3.18. The fourth-order valence-electron chi connectivity index (χ4n) is 2.74. The van der Waals surface area contributed by atoms with Gasteiger partial charge in [-0.25, -0.2) is 8.42 Å². The predicted octanol–water partition coefficient (Wildman–Crippen LogP) is 2.28. The number of thiophene rings is 1. The van der Waals surface area contributed by atoms with Gasteiger partial charge in [0.25, 0.3) is 10.0 Å². The second-order valence-electron chi connectivity index (χ2n) is 5.03. The Labute approximate surface area is 128 Å². The van der Waals surface area contributed by atoms with Crippen molar-refractivity contribution in [2.75, 3.05) is 6.54 Å². The highest BCUT2D eigenvalue weighted by atomic mass is 32.2. The topological polar surface area (TPSA) is 68.1 Å². The lowest BCUT2D eigenvalue weighted by Gasteiger charge is -2.33. The van der Waals surface area contributed by atoms with E-state index in [0.717, 1.165) is 31.6 Å². The van der Waals surface area contributed by atoms with Crippen LogP contribution in [0.25, 0.3) is 0 Å². The maximum Gasteiger partial charge on any atom is 0.253 e. The molecule has 1 unspecified atom stereocenters. The molecule has 8 heteroatoms. The van der Waals surface area contributed by atoms with Crippen LogP contribution in [0.3, 0.4) is 0 Å². The highest BCUT2D eigenvalue weighted by Gasteiger charge is 2.37. The first-order chi connectivity index (χ1) is 10.1. The zero-order valence-electron chi connectivity index (χ0n) is 11.8. The molecule has 1 atom stereocenters. The number of hydrogen-bond donors (Lipinski definition) is 0. The standard InChI is InChI=1S/C13H18N4O2S2/c1-2-16-10-14-15-13(16)11-6-3-4-8-17(11)21(18,19)12-7-5-9-20-12/h5,7,9-11H,2-4,6,8H2,1H3. The molecule has 0 amide bonds. The molecule has 0 saturated carbocycles. The van der Waals surface area contributed by atoms with Gasteiger partial charge in [0.15, 0.2) is 5.82 Å². The molecule has 1 aliphatic rings. The van der Waals surface area contributed by atoms with E-state index in [-0.39, 0.29) is 6.04 Å². The summed E-state index contributed by atoms with van der Waals surface area (Å²) >= 11 is 1.26. The predicted molar refractivity (Wildman–Crippen MR) is 80.5 cm³/mol. The molecule has 3 rings (SSSR count). The molecule has 2 aromatic rings. The monoisotopic (exact) mass is 326 g/mol. The van der Waals surface area contributed by atoms with Gasteiger partial charge in [-0.2, -0.15) is 4.31 Å². The van der Waals surface area contributed by atoms with Crippen molar-refractivity contribution in [2.24, 2.45) is 0 Å². The molecular weight excluding hydrogens is 308 g/mol. The van der Waals surface area contributed by atoms with Crippen LogP contribution in [0.2, 0.25) is 0 Å². The van der Waals surface area contributed by atoms with E-state index >= 15 is 0 Å². The fraction of sp³-hybridized carbons (Fsp3) is 0.538. The first kappa shape index (κ1) is 14.7. The molecule has 1 aliphatic heterocycles. The van der Waals surface area contributed by atoms with E-state index in [1.165, 1.54) is 11.3 Å². The van der Waals surface area contributed by atoms with Crippen LogP contribution in [0.4, 0.5) is 0 Å². The maximum atomic E-state index is 12.8. The molecule has 114 valence electrons. The van der Waals surface area contributed by atoms with Crippen molar-refractivity contribution in [1.29, 1.82) is 0 Å². The Hall–Kier alpha value is -1.25. The van der Waals surface area contributed by atoms with Crippen molar-refractivity contribution in [2.45, 2.75) is 43.0 Å². The molecule has 21 heavy (non-hydrogen) atoms. The molecule has 1 saturated heterocycles. The zero-order valence-corrected chi connectivity index (χ0v) is 13.5. The molecule has 3 heterocycles. The normalized spacial score (nSPS) is 20.7. The summed E-state index contributed by atoms with van der Waals surface area (Å²) in [5.41, 5.74) is 0. The van der Waals surface area contributed by atoms with Crippen molar-refractivity contribution in [3.63, 3.8) is 0 Å². The number of piperidine rings is 1. The third-order valence-electron chi connectivity index (χ3n) is 3.80. The maximum absolute atomic E-state index is 12.8. The first-order valence-electron chi connectivity index (χ1n) is 7.07. The molecule has 0 aliphatic carbocycles. The van der Waals surface area contributed by atoms with Gasteiger partial charge in [-0.1, -0.05) is 12.5 Å². The van der Waals surface area contributed by atoms with E-state index in [1.54, 1.807) is 28.1 Å². The Balaban J connectivity index is 1.99. The second kappa shape index (κ2) is 5.86. The van der Waals surface area contributed by atoms with Crippen LogP contribution in [0, 0.1) is 0 Å². The van der Waals surface area contributed by atoms with E-state index in [0.29, 0.717) is 10.8 Å². The van der Waals surface area contributed by atoms with Crippen LogP contribution in [0.15, 0.2) is 28.0 Å². The molecule has 2 aromatic heterocycles. The summed E-state index contributed by atoms with van der Waals surface area (Å²) in [5, 5.41) is 9.90. The van der Waals surface area contributed by atoms with Gasteiger partial charge < -0.3 is 4.57 Å². The van der Waals surface area contributed by atoms with Crippen LogP contribution in [-0.4, -0.2) is 34.0 Å². The minimum atomic E-state index is -3.45. The lowest BCUT2D eigenvalue weighted by atomic mass is 10.0. The summed E-state index contributed by atoms with van der Waals surface area (Å²) in [5.74, 6) is 0.748. The van der Waals surface area contributed by atoms with Crippen molar-refractivity contribution in [3.05, 3.63) is 29.7 Å². The SMILES string of the molecule is CCn1cnnc1C1CCCCN1S(=O)(=O)c1cccs1. The number of aryl methyl sites for hydroxylation is 1. The van der Waals surface area contributed by atoms with Gasteiger partial charge in [0, 0.05) is 13.1 Å². The molecule has 0 spiro atoms. The minimum Gasteiger partial charge on any atom is -0.317 e. The van der Waals surface area contributed by atoms with E-state index in [2.05, 4.69) is 10.2 Å². The summed E-state index contributed by atoms with van der Waals surface area (Å²) in [6, 6.07) is 3.22. The van der Waals surface area contributed by atoms with Gasteiger partial charge in [0.1, 0.15) is 10.5 Å². The highest BCUT2D eigenvalue weighted by Crippen LogP contribution is 2.35. The Kier molecular flexibility index (Phi) is 4.10. The summed E-state index contributed by atoms with van der Waals surface area (Å²) in [4.78, 5) is 0. The molecule has 0 aromatic carbocycles. The summed E-state index contributed by atoms with van der Waals surface area (Å²) < 4.78 is 29.6. The van der Waals surface area contributed by atoms with Crippen LogP contribution in [-0.2, 0) is 16.6 Å². The Morgan fingerprint density at radius 2 is 2.29 bits per heavy atom. The summed E-state index contributed by atoms with van der Waals surface area (Å²) in [7, 11) is -3.45. The quantitative estimate of drug-likeness (QED) is 0.864. The summed E-state index contributed by atoms with van der Waals surface area (Å²) in [6.07, 6.45) is 4.36. The van der Waals surface area contributed by atoms with Crippen LogP contribution < -0.4 is 0 Å². The number of aromatic nitrogens is 3. The van der Waals surface area contributed by atoms with Crippen molar-refractivity contribution < 1.29 is 8.42 Å². The molecule has 0 N–H and O–H groups in total. The average molecular weight is 326 g/mol.